The number of carbonyl (C=O) groups excluding carboxylic acids is 1. The van der Waals surface area contributed by atoms with Crippen molar-refractivity contribution < 1.29 is 9.21 Å². The van der Waals surface area contributed by atoms with Gasteiger partial charge in [-0.25, -0.2) is 4.98 Å². The number of carbonyl (C=O) groups is 1. The van der Waals surface area contributed by atoms with Crippen molar-refractivity contribution in [1.29, 1.82) is 0 Å². The molecule has 0 saturated heterocycles. The van der Waals surface area contributed by atoms with E-state index in [1.165, 1.54) is 4.57 Å². The van der Waals surface area contributed by atoms with Gasteiger partial charge in [0.2, 0.25) is 5.91 Å². The quantitative estimate of drug-likeness (QED) is 0.571. The Hall–Kier alpha value is -2.54. The number of thioether (sulfide) groups is 1. The van der Waals surface area contributed by atoms with Gasteiger partial charge in [0.1, 0.15) is 5.76 Å². The number of fused-ring (bicyclic) bond motifs is 1. The zero-order chi connectivity index (χ0) is 16.4. The summed E-state index contributed by atoms with van der Waals surface area (Å²) in [4.78, 5) is 28.6. The zero-order valence-electron chi connectivity index (χ0n) is 12.4. The summed E-state index contributed by atoms with van der Waals surface area (Å²) in [5.74, 6) is 0.180. The number of primary amides is 1. The average molecular weight is 329 g/mol. The smallest absolute Gasteiger partial charge is 0.262 e. The maximum absolute atomic E-state index is 12.8. The second-order valence-electron chi connectivity index (χ2n) is 5.04. The van der Waals surface area contributed by atoms with Crippen molar-refractivity contribution in [3.05, 3.63) is 58.8 Å². The Morgan fingerprint density at radius 2 is 2.13 bits per heavy atom. The van der Waals surface area contributed by atoms with Crippen LogP contribution in [0.4, 0.5) is 0 Å². The zero-order valence-corrected chi connectivity index (χ0v) is 13.2. The van der Waals surface area contributed by atoms with Gasteiger partial charge < -0.3 is 10.2 Å². The van der Waals surface area contributed by atoms with Crippen LogP contribution in [0.25, 0.3) is 10.9 Å². The van der Waals surface area contributed by atoms with Crippen molar-refractivity contribution in [3.8, 4) is 0 Å². The molecule has 7 heteroatoms. The van der Waals surface area contributed by atoms with Crippen molar-refractivity contribution >= 4 is 28.6 Å². The number of benzene rings is 1. The summed E-state index contributed by atoms with van der Waals surface area (Å²) in [5, 5.41) is 0.470. The molecular weight excluding hydrogens is 314 g/mol. The number of furan rings is 1. The summed E-state index contributed by atoms with van der Waals surface area (Å²) >= 11 is 1.16. The molecule has 0 bridgehead atoms. The van der Waals surface area contributed by atoms with Gasteiger partial charge in [-0.15, -0.1) is 0 Å². The minimum atomic E-state index is -0.495. The summed E-state index contributed by atoms with van der Waals surface area (Å²) in [6, 6.07) is 10.7. The largest absolute Gasteiger partial charge is 0.467 e. The van der Waals surface area contributed by atoms with Crippen LogP contribution in [0.3, 0.4) is 0 Å². The lowest BCUT2D eigenvalue weighted by atomic mass is 10.2. The Morgan fingerprint density at radius 3 is 2.83 bits per heavy atom. The van der Waals surface area contributed by atoms with E-state index < -0.39 is 11.2 Å². The van der Waals surface area contributed by atoms with E-state index >= 15 is 0 Å². The average Bonchev–Trinajstić information content (AvgIpc) is 3.04. The molecule has 0 saturated carbocycles. The van der Waals surface area contributed by atoms with Crippen molar-refractivity contribution in [3.63, 3.8) is 0 Å². The monoisotopic (exact) mass is 329 g/mol. The SMILES string of the molecule is CC(Sc1nc2ccccc2c(=O)n1Cc1ccco1)C(N)=O. The first-order valence-electron chi connectivity index (χ1n) is 7.04. The first kappa shape index (κ1) is 15.4. The fourth-order valence-corrected chi connectivity index (χ4v) is 3.01. The summed E-state index contributed by atoms with van der Waals surface area (Å²) in [5.41, 5.74) is 5.74. The van der Waals surface area contributed by atoms with Crippen LogP contribution in [0.2, 0.25) is 0 Å². The van der Waals surface area contributed by atoms with Gasteiger partial charge in [0.25, 0.3) is 5.56 Å². The molecule has 23 heavy (non-hydrogen) atoms. The van der Waals surface area contributed by atoms with Gasteiger partial charge in [-0.3, -0.25) is 14.2 Å². The molecule has 0 radical (unpaired) electrons. The molecular formula is C16H15N3O3S. The van der Waals surface area contributed by atoms with Crippen molar-refractivity contribution in [1.82, 2.24) is 9.55 Å². The number of hydrogen-bond donors (Lipinski definition) is 1. The molecule has 1 atom stereocenters. The molecule has 0 spiro atoms. The Kier molecular flexibility index (Phi) is 4.20. The molecule has 1 unspecified atom stereocenters. The molecule has 0 aliphatic rings. The maximum atomic E-state index is 12.8. The van der Waals surface area contributed by atoms with Crippen LogP contribution in [-0.2, 0) is 11.3 Å². The number of rotatable bonds is 5. The fraction of sp³-hybridized carbons (Fsp3) is 0.188. The van der Waals surface area contributed by atoms with Crippen molar-refractivity contribution in [2.24, 2.45) is 5.73 Å². The van der Waals surface area contributed by atoms with E-state index in [1.54, 1.807) is 43.5 Å². The molecule has 6 nitrogen and oxygen atoms in total. The topological polar surface area (TPSA) is 91.1 Å². The molecule has 2 heterocycles. The first-order valence-corrected chi connectivity index (χ1v) is 7.92. The van der Waals surface area contributed by atoms with Crippen LogP contribution < -0.4 is 11.3 Å². The van der Waals surface area contributed by atoms with Crippen LogP contribution >= 0.6 is 11.8 Å². The van der Waals surface area contributed by atoms with E-state index in [2.05, 4.69) is 4.98 Å². The van der Waals surface area contributed by atoms with Crippen LogP contribution in [0.5, 0.6) is 0 Å². The molecule has 0 aliphatic carbocycles. The summed E-state index contributed by atoms with van der Waals surface area (Å²) in [6.07, 6.45) is 1.55. The molecule has 3 rings (SSSR count). The molecule has 0 fully saturated rings. The van der Waals surface area contributed by atoms with Crippen molar-refractivity contribution in [2.75, 3.05) is 0 Å². The van der Waals surface area contributed by atoms with Gasteiger partial charge in [0.05, 0.1) is 29.0 Å². The Morgan fingerprint density at radius 1 is 1.35 bits per heavy atom. The minimum absolute atomic E-state index is 0.175. The van der Waals surface area contributed by atoms with Crippen LogP contribution in [0, 0.1) is 0 Å². The van der Waals surface area contributed by atoms with Crippen LogP contribution in [0.15, 0.2) is 57.0 Å². The van der Waals surface area contributed by atoms with Gasteiger partial charge in [-0.2, -0.15) is 0 Å². The highest BCUT2D eigenvalue weighted by Gasteiger charge is 2.18. The van der Waals surface area contributed by atoms with Gasteiger partial charge in [0.15, 0.2) is 5.16 Å². The second-order valence-corrected chi connectivity index (χ2v) is 6.35. The highest BCUT2D eigenvalue weighted by Crippen LogP contribution is 2.23. The van der Waals surface area contributed by atoms with Crippen molar-refractivity contribution in [2.45, 2.75) is 23.9 Å². The highest BCUT2D eigenvalue weighted by molar-refractivity contribution is 8.00. The van der Waals surface area contributed by atoms with Gasteiger partial charge in [0, 0.05) is 0 Å². The third-order valence-corrected chi connectivity index (χ3v) is 4.51. The van der Waals surface area contributed by atoms with E-state index in [1.807, 2.05) is 6.07 Å². The predicted molar refractivity (Wildman–Crippen MR) is 88.3 cm³/mol. The minimum Gasteiger partial charge on any atom is -0.467 e. The molecule has 1 aromatic carbocycles. The third kappa shape index (κ3) is 3.14. The van der Waals surface area contributed by atoms with E-state index in [0.717, 1.165) is 11.8 Å². The molecule has 2 aromatic heterocycles. The van der Waals surface area contributed by atoms with Crippen LogP contribution in [0.1, 0.15) is 12.7 Å². The summed E-state index contributed by atoms with van der Waals surface area (Å²) < 4.78 is 6.83. The normalized spacial score (nSPS) is 12.4. The molecule has 1 amide bonds. The number of hydrogen-bond acceptors (Lipinski definition) is 5. The predicted octanol–water partition coefficient (Wildman–Crippen LogP) is 2.00. The lowest BCUT2D eigenvalue weighted by molar-refractivity contribution is -0.117. The third-order valence-electron chi connectivity index (χ3n) is 3.40. The number of nitrogens with two attached hydrogens (primary N) is 1. The molecule has 3 aromatic rings. The fourth-order valence-electron chi connectivity index (χ4n) is 2.15. The Bertz CT molecular complexity index is 903. The second kappa shape index (κ2) is 6.29. The number of nitrogens with zero attached hydrogens (tertiary/aromatic N) is 2. The lowest BCUT2D eigenvalue weighted by Crippen LogP contribution is -2.27. The van der Waals surface area contributed by atoms with E-state index in [-0.39, 0.29) is 12.1 Å². The van der Waals surface area contributed by atoms with Gasteiger partial charge >= 0.3 is 0 Å². The van der Waals surface area contributed by atoms with E-state index in [0.29, 0.717) is 21.8 Å². The number of para-hydroxylation sites is 1. The van der Waals surface area contributed by atoms with E-state index in [4.69, 9.17) is 10.2 Å². The molecule has 0 aliphatic heterocycles. The number of amides is 1. The Balaban J connectivity index is 2.14. The summed E-state index contributed by atoms with van der Waals surface area (Å²) in [7, 11) is 0. The highest BCUT2D eigenvalue weighted by atomic mass is 32.2. The molecule has 118 valence electrons. The van der Waals surface area contributed by atoms with Gasteiger partial charge in [-0.1, -0.05) is 23.9 Å². The van der Waals surface area contributed by atoms with Crippen LogP contribution in [-0.4, -0.2) is 20.7 Å². The Labute approximate surface area is 136 Å². The number of aromatic nitrogens is 2. The summed E-state index contributed by atoms with van der Waals surface area (Å²) in [6.45, 7) is 1.93. The lowest BCUT2D eigenvalue weighted by Gasteiger charge is -2.14. The standard InChI is InChI=1S/C16H15N3O3S/c1-10(14(17)20)23-16-18-13-7-3-2-6-12(13)15(21)19(16)9-11-5-4-8-22-11/h2-8,10H,9H2,1H3,(H2,17,20). The maximum Gasteiger partial charge on any atom is 0.262 e. The van der Waals surface area contributed by atoms with E-state index in [9.17, 15) is 9.59 Å². The molecule has 2 N–H and O–H groups in total. The van der Waals surface area contributed by atoms with Gasteiger partial charge in [-0.05, 0) is 31.2 Å². The first-order chi connectivity index (χ1) is 11.1.